The number of aromatic nitrogens is 2. The second kappa shape index (κ2) is 4.15. The average Bonchev–Trinajstić information content (AvgIpc) is 2.69. The summed E-state index contributed by atoms with van der Waals surface area (Å²) in [7, 11) is 0. The smallest absolute Gasteiger partial charge is 0.124 e. The summed E-state index contributed by atoms with van der Waals surface area (Å²) in [6.07, 6.45) is 0.895. The fourth-order valence-electron chi connectivity index (χ4n) is 1.86. The first-order valence-electron chi connectivity index (χ1n) is 6.17. The van der Waals surface area contributed by atoms with Gasteiger partial charge in [0.25, 0.3) is 0 Å². The maximum Gasteiger partial charge on any atom is 0.124 e. The van der Waals surface area contributed by atoms with E-state index in [1.54, 1.807) is 0 Å². The molecule has 0 radical (unpaired) electrons. The predicted octanol–water partition coefficient (Wildman–Crippen LogP) is 3.27. The monoisotopic (exact) mass is 231 g/mol. The molecular weight excluding hydrogens is 210 g/mol. The third-order valence-electron chi connectivity index (χ3n) is 3.16. The van der Waals surface area contributed by atoms with Crippen molar-refractivity contribution in [3.05, 3.63) is 29.6 Å². The standard InChI is InChI=1S/C14H21N3/c1-5-10(15)13-16-11-7-6-9(14(2,3)4)8-12(11)17-13/h6-8,10H,5,15H2,1-4H3,(H,16,17). The van der Waals surface area contributed by atoms with Crippen LogP contribution in [-0.2, 0) is 5.41 Å². The molecule has 0 fully saturated rings. The van der Waals surface area contributed by atoms with E-state index in [2.05, 4.69) is 55.9 Å². The van der Waals surface area contributed by atoms with Crippen LogP contribution in [0.2, 0.25) is 0 Å². The molecular formula is C14H21N3. The van der Waals surface area contributed by atoms with Gasteiger partial charge in [0.2, 0.25) is 0 Å². The average molecular weight is 231 g/mol. The van der Waals surface area contributed by atoms with Crippen LogP contribution in [0.4, 0.5) is 0 Å². The zero-order valence-electron chi connectivity index (χ0n) is 11.0. The van der Waals surface area contributed by atoms with Crippen molar-refractivity contribution in [1.29, 1.82) is 0 Å². The molecule has 92 valence electrons. The molecule has 0 aliphatic rings. The molecule has 0 saturated heterocycles. The first kappa shape index (κ1) is 12.1. The van der Waals surface area contributed by atoms with Gasteiger partial charge in [0.15, 0.2) is 0 Å². The molecule has 0 spiro atoms. The molecule has 1 aromatic carbocycles. The van der Waals surface area contributed by atoms with Crippen molar-refractivity contribution < 1.29 is 0 Å². The summed E-state index contributed by atoms with van der Waals surface area (Å²) in [5.74, 6) is 0.883. The maximum absolute atomic E-state index is 5.99. The van der Waals surface area contributed by atoms with Crippen molar-refractivity contribution >= 4 is 11.0 Å². The van der Waals surface area contributed by atoms with Gasteiger partial charge in [0, 0.05) is 0 Å². The molecule has 0 aliphatic carbocycles. The summed E-state index contributed by atoms with van der Waals surface area (Å²) in [6, 6.07) is 6.39. The van der Waals surface area contributed by atoms with Gasteiger partial charge in [0.05, 0.1) is 17.1 Å². The number of aromatic amines is 1. The van der Waals surface area contributed by atoms with Crippen LogP contribution in [0, 0.1) is 0 Å². The normalized spacial score (nSPS) is 14.2. The van der Waals surface area contributed by atoms with Gasteiger partial charge in [-0.05, 0) is 29.5 Å². The highest BCUT2D eigenvalue weighted by molar-refractivity contribution is 5.76. The molecule has 0 amide bonds. The number of imidazole rings is 1. The number of H-pyrrole nitrogens is 1. The van der Waals surface area contributed by atoms with Crippen LogP contribution < -0.4 is 5.73 Å². The van der Waals surface area contributed by atoms with Gasteiger partial charge in [-0.15, -0.1) is 0 Å². The Bertz CT molecular complexity index is 520. The zero-order chi connectivity index (χ0) is 12.6. The molecule has 0 aliphatic heterocycles. The molecule has 17 heavy (non-hydrogen) atoms. The number of hydrogen-bond donors (Lipinski definition) is 2. The summed E-state index contributed by atoms with van der Waals surface area (Å²) < 4.78 is 0. The molecule has 0 bridgehead atoms. The first-order chi connectivity index (χ1) is 7.91. The maximum atomic E-state index is 5.99. The highest BCUT2D eigenvalue weighted by Crippen LogP contribution is 2.26. The third-order valence-corrected chi connectivity index (χ3v) is 3.16. The van der Waals surface area contributed by atoms with Crippen LogP contribution in [0.3, 0.4) is 0 Å². The van der Waals surface area contributed by atoms with Gasteiger partial charge in [-0.3, -0.25) is 0 Å². The summed E-state index contributed by atoms with van der Waals surface area (Å²) in [6.45, 7) is 8.70. The Kier molecular flexibility index (Phi) is 2.96. The van der Waals surface area contributed by atoms with Gasteiger partial charge >= 0.3 is 0 Å². The van der Waals surface area contributed by atoms with E-state index in [0.29, 0.717) is 0 Å². The minimum absolute atomic E-state index is 0.000451. The molecule has 2 rings (SSSR count). The van der Waals surface area contributed by atoms with E-state index in [4.69, 9.17) is 5.73 Å². The van der Waals surface area contributed by atoms with E-state index < -0.39 is 0 Å². The Morgan fingerprint density at radius 1 is 1.35 bits per heavy atom. The summed E-state index contributed by atoms with van der Waals surface area (Å²) >= 11 is 0. The molecule has 1 heterocycles. The largest absolute Gasteiger partial charge is 0.341 e. The lowest BCUT2D eigenvalue weighted by Crippen LogP contribution is -2.10. The Hall–Kier alpha value is -1.35. The van der Waals surface area contributed by atoms with E-state index in [1.165, 1.54) is 5.56 Å². The molecule has 1 aromatic heterocycles. The number of hydrogen-bond acceptors (Lipinski definition) is 2. The van der Waals surface area contributed by atoms with Crippen LogP contribution in [0.1, 0.15) is 51.5 Å². The fourth-order valence-corrected chi connectivity index (χ4v) is 1.86. The van der Waals surface area contributed by atoms with E-state index in [0.717, 1.165) is 23.3 Å². The Morgan fingerprint density at radius 3 is 2.65 bits per heavy atom. The van der Waals surface area contributed by atoms with Crippen molar-refractivity contribution in [2.45, 2.75) is 45.6 Å². The summed E-state index contributed by atoms with van der Waals surface area (Å²) in [5, 5.41) is 0. The van der Waals surface area contributed by atoms with Crippen LogP contribution in [0.15, 0.2) is 18.2 Å². The quantitative estimate of drug-likeness (QED) is 0.833. The van der Waals surface area contributed by atoms with Crippen LogP contribution in [0.25, 0.3) is 11.0 Å². The van der Waals surface area contributed by atoms with Gasteiger partial charge in [-0.25, -0.2) is 4.98 Å². The number of nitrogens with one attached hydrogen (secondary N) is 1. The minimum atomic E-state index is 0.000451. The summed E-state index contributed by atoms with van der Waals surface area (Å²) in [4.78, 5) is 7.85. The highest BCUT2D eigenvalue weighted by atomic mass is 15.0. The molecule has 2 aromatic rings. The van der Waals surface area contributed by atoms with E-state index in [1.807, 2.05) is 0 Å². The number of fused-ring (bicyclic) bond motifs is 1. The van der Waals surface area contributed by atoms with Crippen molar-refractivity contribution in [2.24, 2.45) is 5.73 Å². The topological polar surface area (TPSA) is 54.7 Å². The molecule has 1 atom stereocenters. The Morgan fingerprint density at radius 2 is 2.06 bits per heavy atom. The fraction of sp³-hybridized carbons (Fsp3) is 0.500. The number of nitrogens with two attached hydrogens (primary N) is 1. The SMILES string of the molecule is CCC(N)c1nc2ccc(C(C)(C)C)cc2[nH]1. The number of rotatable bonds is 2. The van der Waals surface area contributed by atoms with Crippen LogP contribution in [-0.4, -0.2) is 9.97 Å². The van der Waals surface area contributed by atoms with E-state index in [9.17, 15) is 0 Å². The van der Waals surface area contributed by atoms with E-state index >= 15 is 0 Å². The lowest BCUT2D eigenvalue weighted by Gasteiger charge is -2.18. The molecule has 1 unspecified atom stereocenters. The lowest BCUT2D eigenvalue weighted by molar-refractivity contribution is 0.591. The number of benzene rings is 1. The molecule has 3 nitrogen and oxygen atoms in total. The molecule has 0 saturated carbocycles. The summed E-state index contributed by atoms with van der Waals surface area (Å²) in [5.41, 5.74) is 9.53. The third kappa shape index (κ3) is 2.34. The lowest BCUT2D eigenvalue weighted by atomic mass is 9.87. The highest BCUT2D eigenvalue weighted by Gasteiger charge is 2.15. The van der Waals surface area contributed by atoms with Gasteiger partial charge in [-0.1, -0.05) is 33.8 Å². The molecule has 3 N–H and O–H groups in total. The Balaban J connectivity index is 2.48. The van der Waals surface area contributed by atoms with Crippen molar-refractivity contribution in [1.82, 2.24) is 9.97 Å². The van der Waals surface area contributed by atoms with Crippen LogP contribution in [0.5, 0.6) is 0 Å². The number of nitrogens with zero attached hydrogens (tertiary/aromatic N) is 1. The van der Waals surface area contributed by atoms with E-state index in [-0.39, 0.29) is 11.5 Å². The Labute approximate surface area is 102 Å². The second-order valence-electron chi connectivity index (χ2n) is 5.62. The second-order valence-corrected chi connectivity index (χ2v) is 5.62. The zero-order valence-corrected chi connectivity index (χ0v) is 11.0. The van der Waals surface area contributed by atoms with Gasteiger partial charge < -0.3 is 10.7 Å². The van der Waals surface area contributed by atoms with Crippen molar-refractivity contribution in [2.75, 3.05) is 0 Å². The van der Waals surface area contributed by atoms with Crippen molar-refractivity contribution in [3.8, 4) is 0 Å². The predicted molar refractivity (Wildman–Crippen MR) is 72.0 cm³/mol. The van der Waals surface area contributed by atoms with Crippen LogP contribution >= 0.6 is 0 Å². The first-order valence-corrected chi connectivity index (χ1v) is 6.17. The van der Waals surface area contributed by atoms with Gasteiger partial charge in [0.1, 0.15) is 5.82 Å². The minimum Gasteiger partial charge on any atom is -0.341 e. The molecule has 3 heteroatoms. The van der Waals surface area contributed by atoms with Crippen molar-refractivity contribution in [3.63, 3.8) is 0 Å². The van der Waals surface area contributed by atoms with Gasteiger partial charge in [-0.2, -0.15) is 0 Å².